The summed E-state index contributed by atoms with van der Waals surface area (Å²) in [6, 6.07) is 6.93. The van der Waals surface area contributed by atoms with Crippen LogP contribution >= 0.6 is 11.3 Å². The van der Waals surface area contributed by atoms with E-state index >= 15 is 0 Å². The summed E-state index contributed by atoms with van der Waals surface area (Å²) in [6.45, 7) is 1.52. The number of aromatic amines is 1. The molecule has 0 fully saturated rings. The maximum absolute atomic E-state index is 13.2. The first kappa shape index (κ1) is 15.6. The van der Waals surface area contributed by atoms with Gasteiger partial charge in [-0.2, -0.15) is 11.3 Å². The van der Waals surface area contributed by atoms with Crippen molar-refractivity contribution in [3.8, 4) is 0 Å². The number of H-pyrrole nitrogens is 1. The number of thiophene rings is 1. The van der Waals surface area contributed by atoms with E-state index in [0.29, 0.717) is 0 Å². The van der Waals surface area contributed by atoms with Crippen molar-refractivity contribution in [3.63, 3.8) is 0 Å². The molecule has 1 aromatic carbocycles. The van der Waals surface area contributed by atoms with Gasteiger partial charge in [0.1, 0.15) is 5.82 Å². The van der Waals surface area contributed by atoms with Crippen molar-refractivity contribution in [2.45, 2.75) is 13.0 Å². The minimum Gasteiger partial charge on any atom is -0.361 e. The van der Waals surface area contributed by atoms with E-state index in [9.17, 15) is 4.39 Å². The third-order valence-electron chi connectivity index (χ3n) is 3.68. The van der Waals surface area contributed by atoms with Crippen molar-refractivity contribution < 1.29 is 4.39 Å². The van der Waals surface area contributed by atoms with Crippen molar-refractivity contribution in [2.24, 2.45) is 4.99 Å². The maximum atomic E-state index is 13.2. The monoisotopic (exact) mass is 330 g/mol. The lowest BCUT2D eigenvalue weighted by Gasteiger charge is -2.11. The van der Waals surface area contributed by atoms with Gasteiger partial charge in [0.15, 0.2) is 5.96 Å². The Hall–Kier alpha value is -2.34. The zero-order chi connectivity index (χ0) is 16.1. The molecule has 0 radical (unpaired) electrons. The highest BCUT2D eigenvalue weighted by atomic mass is 32.1. The molecule has 6 heteroatoms. The number of hydrogen-bond acceptors (Lipinski definition) is 2. The summed E-state index contributed by atoms with van der Waals surface area (Å²) in [5.74, 6) is 0.559. The van der Waals surface area contributed by atoms with Gasteiger partial charge in [0.05, 0.1) is 0 Å². The lowest BCUT2D eigenvalue weighted by Crippen LogP contribution is -2.37. The Bertz CT molecular complexity index is 792. The fraction of sp³-hybridized carbons (Fsp3) is 0.235. The van der Waals surface area contributed by atoms with Crippen molar-refractivity contribution in [1.82, 2.24) is 15.6 Å². The molecule has 4 nitrogen and oxygen atoms in total. The van der Waals surface area contributed by atoms with E-state index in [-0.39, 0.29) is 5.82 Å². The van der Waals surface area contributed by atoms with Crippen LogP contribution in [0.3, 0.4) is 0 Å². The van der Waals surface area contributed by atoms with Gasteiger partial charge in [0, 0.05) is 37.2 Å². The molecule has 2 aromatic heterocycles. The van der Waals surface area contributed by atoms with E-state index in [2.05, 4.69) is 37.4 Å². The Labute approximate surface area is 138 Å². The van der Waals surface area contributed by atoms with Gasteiger partial charge >= 0.3 is 0 Å². The van der Waals surface area contributed by atoms with Crippen LogP contribution in [0, 0.1) is 5.82 Å². The summed E-state index contributed by atoms with van der Waals surface area (Å²) >= 11 is 1.69. The van der Waals surface area contributed by atoms with Crippen molar-refractivity contribution >= 4 is 28.2 Å². The Kier molecular flexibility index (Phi) is 4.92. The van der Waals surface area contributed by atoms with Gasteiger partial charge in [0.2, 0.25) is 0 Å². The summed E-state index contributed by atoms with van der Waals surface area (Å²) in [6.07, 6.45) is 2.78. The number of halogens is 1. The van der Waals surface area contributed by atoms with Crippen LogP contribution in [-0.2, 0) is 13.0 Å². The number of nitrogens with zero attached hydrogens (tertiary/aromatic N) is 1. The predicted octanol–water partition coefficient (Wildman–Crippen LogP) is 3.28. The van der Waals surface area contributed by atoms with Gasteiger partial charge in [0.25, 0.3) is 0 Å². The van der Waals surface area contributed by atoms with Crippen LogP contribution in [0.25, 0.3) is 10.9 Å². The Balaban J connectivity index is 1.53. The Morgan fingerprint density at radius 1 is 1.30 bits per heavy atom. The number of nitrogens with one attached hydrogen (secondary N) is 3. The summed E-state index contributed by atoms with van der Waals surface area (Å²) in [5.41, 5.74) is 3.25. The second kappa shape index (κ2) is 7.28. The summed E-state index contributed by atoms with van der Waals surface area (Å²) in [5, 5.41) is 11.8. The molecule has 0 amide bonds. The molecular weight excluding hydrogens is 311 g/mol. The number of aromatic nitrogens is 1. The van der Waals surface area contributed by atoms with Crippen molar-refractivity contribution in [2.75, 3.05) is 13.6 Å². The van der Waals surface area contributed by atoms with Gasteiger partial charge in [-0.15, -0.1) is 0 Å². The van der Waals surface area contributed by atoms with E-state index in [0.717, 1.165) is 36.4 Å². The first-order valence-electron chi connectivity index (χ1n) is 7.47. The van der Waals surface area contributed by atoms with E-state index in [4.69, 9.17) is 0 Å². The van der Waals surface area contributed by atoms with Gasteiger partial charge < -0.3 is 15.6 Å². The normalized spacial score (nSPS) is 11.8. The molecule has 0 unspecified atom stereocenters. The molecule has 0 aliphatic rings. The zero-order valence-electron chi connectivity index (χ0n) is 12.9. The smallest absolute Gasteiger partial charge is 0.191 e. The fourth-order valence-corrected chi connectivity index (χ4v) is 3.15. The average Bonchev–Trinajstić information content (AvgIpc) is 3.20. The molecule has 3 aromatic rings. The maximum Gasteiger partial charge on any atom is 0.191 e. The standard InChI is InChI=1S/C17H19FN4S/c1-19-17(22-9-12-5-7-23-11-12)20-6-4-13-10-21-16-8-14(18)2-3-15(13)16/h2-3,5,7-8,10-11,21H,4,6,9H2,1H3,(H2,19,20,22). The number of fused-ring (bicyclic) bond motifs is 1. The van der Waals surface area contributed by atoms with Crippen molar-refractivity contribution in [1.29, 1.82) is 0 Å². The summed E-state index contributed by atoms with van der Waals surface area (Å²) < 4.78 is 13.2. The molecule has 0 aliphatic heterocycles. The highest BCUT2D eigenvalue weighted by Crippen LogP contribution is 2.19. The van der Waals surface area contributed by atoms with Gasteiger partial charge in [-0.1, -0.05) is 0 Å². The first-order chi connectivity index (χ1) is 11.3. The summed E-state index contributed by atoms with van der Waals surface area (Å²) in [7, 11) is 1.76. The van der Waals surface area contributed by atoms with Crippen molar-refractivity contribution in [3.05, 3.63) is 58.2 Å². The number of hydrogen-bond donors (Lipinski definition) is 3. The van der Waals surface area contributed by atoms with Crippen LogP contribution in [0.5, 0.6) is 0 Å². The third kappa shape index (κ3) is 3.90. The van der Waals surface area contributed by atoms with Crippen LogP contribution in [0.4, 0.5) is 4.39 Å². The molecule has 120 valence electrons. The van der Waals surface area contributed by atoms with E-state index < -0.39 is 0 Å². The predicted molar refractivity (Wildman–Crippen MR) is 94.5 cm³/mol. The van der Waals surface area contributed by atoms with E-state index in [1.165, 1.54) is 23.3 Å². The van der Waals surface area contributed by atoms with E-state index in [1.54, 1.807) is 18.4 Å². The summed E-state index contributed by atoms with van der Waals surface area (Å²) in [4.78, 5) is 7.33. The molecule has 0 saturated carbocycles. The molecule has 0 aliphatic carbocycles. The quantitative estimate of drug-likeness (QED) is 0.497. The first-order valence-corrected chi connectivity index (χ1v) is 8.41. The molecule has 3 rings (SSSR count). The fourth-order valence-electron chi connectivity index (χ4n) is 2.48. The molecule has 3 N–H and O–H groups in total. The molecule has 0 atom stereocenters. The average molecular weight is 330 g/mol. The molecule has 0 saturated heterocycles. The highest BCUT2D eigenvalue weighted by Gasteiger charge is 2.05. The largest absolute Gasteiger partial charge is 0.361 e. The second-order valence-corrected chi connectivity index (χ2v) is 6.02. The lowest BCUT2D eigenvalue weighted by atomic mass is 10.1. The van der Waals surface area contributed by atoms with Crippen LogP contribution < -0.4 is 10.6 Å². The molecule has 2 heterocycles. The molecule has 23 heavy (non-hydrogen) atoms. The third-order valence-corrected chi connectivity index (χ3v) is 4.41. The van der Waals surface area contributed by atoms with Gasteiger partial charge in [-0.3, -0.25) is 4.99 Å². The van der Waals surface area contributed by atoms with Crippen LogP contribution in [0.15, 0.2) is 46.2 Å². The van der Waals surface area contributed by atoms with Gasteiger partial charge in [-0.25, -0.2) is 4.39 Å². The van der Waals surface area contributed by atoms with Crippen LogP contribution in [-0.4, -0.2) is 24.5 Å². The van der Waals surface area contributed by atoms with E-state index in [1.807, 2.05) is 12.3 Å². The molecule has 0 bridgehead atoms. The molecule has 0 spiro atoms. The van der Waals surface area contributed by atoms with Crippen LogP contribution in [0.2, 0.25) is 0 Å². The lowest BCUT2D eigenvalue weighted by molar-refractivity contribution is 0.629. The zero-order valence-corrected chi connectivity index (χ0v) is 13.7. The Morgan fingerprint density at radius 2 is 2.22 bits per heavy atom. The Morgan fingerprint density at radius 3 is 3.00 bits per heavy atom. The highest BCUT2D eigenvalue weighted by molar-refractivity contribution is 7.07. The number of rotatable bonds is 5. The van der Waals surface area contributed by atoms with Gasteiger partial charge in [-0.05, 0) is 52.6 Å². The number of guanidine groups is 1. The second-order valence-electron chi connectivity index (χ2n) is 5.24. The minimum atomic E-state index is -0.220. The number of aliphatic imine (C=N–C) groups is 1. The molecular formula is C17H19FN4S. The number of benzene rings is 1. The minimum absolute atomic E-state index is 0.220. The SMILES string of the molecule is CN=C(NCCc1c[nH]c2cc(F)ccc12)NCc1ccsc1. The topological polar surface area (TPSA) is 52.2 Å². The van der Waals surface area contributed by atoms with Crippen LogP contribution in [0.1, 0.15) is 11.1 Å².